The Bertz CT molecular complexity index is 415. The fraction of sp³-hybridized carbons (Fsp3) is 0.400. The second-order valence-corrected chi connectivity index (χ2v) is 4.68. The van der Waals surface area contributed by atoms with Crippen molar-refractivity contribution >= 4 is 0 Å². The van der Waals surface area contributed by atoms with Crippen LogP contribution in [-0.2, 0) is 5.41 Å². The maximum Gasteiger partial charge on any atom is 0.145 e. The highest BCUT2D eigenvalue weighted by Crippen LogP contribution is 2.45. The van der Waals surface area contributed by atoms with Crippen LogP contribution in [0.1, 0.15) is 36.8 Å². The predicted octanol–water partition coefficient (Wildman–Crippen LogP) is 4.03. The van der Waals surface area contributed by atoms with Gasteiger partial charge in [0.05, 0.1) is 5.41 Å². The molecule has 0 saturated heterocycles. The van der Waals surface area contributed by atoms with Crippen LogP contribution < -0.4 is 0 Å². The molecular weight excluding hydrogens is 196 g/mol. The average molecular weight is 214 g/mol. The zero-order chi connectivity index (χ0) is 11.6. The van der Waals surface area contributed by atoms with Gasteiger partial charge in [-0.25, -0.2) is 0 Å². The number of aryl methyl sites for hydroxylation is 1. The molecule has 1 aliphatic carbocycles. The minimum Gasteiger partial charge on any atom is -0.504 e. The van der Waals surface area contributed by atoms with E-state index >= 15 is 0 Å². The van der Waals surface area contributed by atoms with Crippen LogP contribution >= 0.6 is 0 Å². The number of hydrogen-bond acceptors (Lipinski definition) is 1. The molecule has 0 unspecified atom stereocenters. The van der Waals surface area contributed by atoms with Gasteiger partial charge in [0.1, 0.15) is 5.76 Å². The molecule has 0 radical (unpaired) electrons. The number of rotatable bonds is 2. The quantitative estimate of drug-likeness (QED) is 0.582. The molecular formula is C15H18O. The molecule has 0 bridgehead atoms. The van der Waals surface area contributed by atoms with Crippen LogP contribution in [0.25, 0.3) is 0 Å². The zero-order valence-corrected chi connectivity index (χ0v) is 9.79. The van der Waals surface area contributed by atoms with E-state index in [9.17, 15) is 5.11 Å². The van der Waals surface area contributed by atoms with Crippen molar-refractivity contribution in [2.75, 3.05) is 0 Å². The van der Waals surface area contributed by atoms with Crippen molar-refractivity contribution in [1.82, 2.24) is 0 Å². The third-order valence-electron chi connectivity index (χ3n) is 3.68. The van der Waals surface area contributed by atoms with Gasteiger partial charge >= 0.3 is 0 Å². The van der Waals surface area contributed by atoms with E-state index in [1.54, 1.807) is 0 Å². The SMILES string of the molecule is C=C=C(O)C1(c2ccc(C)cc2)CCCC1. The molecule has 0 aromatic heterocycles. The van der Waals surface area contributed by atoms with Crippen LogP contribution in [0.2, 0.25) is 0 Å². The Morgan fingerprint density at radius 2 is 1.81 bits per heavy atom. The van der Waals surface area contributed by atoms with Crippen LogP contribution in [0, 0.1) is 6.92 Å². The van der Waals surface area contributed by atoms with Crippen molar-refractivity contribution in [2.24, 2.45) is 0 Å². The second-order valence-electron chi connectivity index (χ2n) is 4.68. The topological polar surface area (TPSA) is 20.2 Å². The van der Waals surface area contributed by atoms with Gasteiger partial charge in [0.2, 0.25) is 0 Å². The highest BCUT2D eigenvalue weighted by molar-refractivity contribution is 5.36. The summed E-state index contributed by atoms with van der Waals surface area (Å²) >= 11 is 0. The fourth-order valence-electron chi connectivity index (χ4n) is 2.68. The Kier molecular flexibility index (Phi) is 2.89. The number of aliphatic hydroxyl groups excluding tert-OH is 1. The molecule has 0 atom stereocenters. The molecule has 0 spiro atoms. The van der Waals surface area contributed by atoms with Crippen molar-refractivity contribution < 1.29 is 5.11 Å². The number of benzene rings is 1. The lowest BCUT2D eigenvalue weighted by Gasteiger charge is -2.27. The van der Waals surface area contributed by atoms with Gasteiger partial charge < -0.3 is 5.11 Å². The summed E-state index contributed by atoms with van der Waals surface area (Å²) < 4.78 is 0. The van der Waals surface area contributed by atoms with Crippen molar-refractivity contribution in [3.05, 3.63) is 53.5 Å². The molecule has 0 aliphatic heterocycles. The van der Waals surface area contributed by atoms with Gasteiger partial charge in [-0.1, -0.05) is 55.0 Å². The Morgan fingerprint density at radius 3 is 2.31 bits per heavy atom. The molecule has 84 valence electrons. The van der Waals surface area contributed by atoms with E-state index in [2.05, 4.69) is 43.5 Å². The first-order valence-corrected chi connectivity index (χ1v) is 5.86. The van der Waals surface area contributed by atoms with Crippen molar-refractivity contribution in [3.63, 3.8) is 0 Å². The van der Waals surface area contributed by atoms with Gasteiger partial charge in [0, 0.05) is 0 Å². The third-order valence-corrected chi connectivity index (χ3v) is 3.68. The lowest BCUT2D eigenvalue weighted by atomic mass is 9.77. The standard InChI is InChI=1S/C15H18O/c1-3-14(16)15(10-4-5-11-15)13-8-6-12(2)7-9-13/h6-9,16H,1,4-5,10-11H2,2H3. The van der Waals surface area contributed by atoms with Crippen LogP contribution in [-0.4, -0.2) is 5.11 Å². The molecule has 1 N–H and O–H groups in total. The third kappa shape index (κ3) is 1.68. The van der Waals surface area contributed by atoms with Gasteiger partial charge in [0.15, 0.2) is 0 Å². The second kappa shape index (κ2) is 4.19. The first-order chi connectivity index (χ1) is 7.69. The summed E-state index contributed by atoms with van der Waals surface area (Å²) in [5, 5.41) is 10.1. The lowest BCUT2D eigenvalue weighted by Crippen LogP contribution is -2.24. The van der Waals surface area contributed by atoms with E-state index in [1.165, 1.54) is 24.0 Å². The molecule has 2 rings (SSSR count). The number of hydrogen-bond donors (Lipinski definition) is 1. The number of aliphatic hydroxyl groups is 1. The molecule has 0 heterocycles. The summed E-state index contributed by atoms with van der Waals surface area (Å²) in [4.78, 5) is 0. The van der Waals surface area contributed by atoms with Crippen molar-refractivity contribution in [3.8, 4) is 0 Å². The van der Waals surface area contributed by atoms with Gasteiger partial charge in [-0.05, 0) is 25.3 Å². The highest BCUT2D eigenvalue weighted by atomic mass is 16.3. The molecule has 1 heteroatoms. The van der Waals surface area contributed by atoms with Gasteiger partial charge in [-0.2, -0.15) is 0 Å². The largest absolute Gasteiger partial charge is 0.504 e. The molecule has 16 heavy (non-hydrogen) atoms. The van der Waals surface area contributed by atoms with E-state index in [0.717, 1.165) is 12.8 Å². The summed E-state index contributed by atoms with van der Waals surface area (Å²) in [6.07, 6.45) is 4.34. The normalized spacial score (nSPS) is 18.1. The highest BCUT2D eigenvalue weighted by Gasteiger charge is 2.39. The first kappa shape index (κ1) is 11.0. The van der Waals surface area contributed by atoms with Crippen molar-refractivity contribution in [1.29, 1.82) is 0 Å². The van der Waals surface area contributed by atoms with Crippen LogP contribution in [0.3, 0.4) is 0 Å². The summed E-state index contributed by atoms with van der Waals surface area (Å²) in [7, 11) is 0. The fourth-order valence-corrected chi connectivity index (χ4v) is 2.68. The molecule has 1 aliphatic rings. The molecule has 1 fully saturated rings. The summed E-state index contributed by atoms with van der Waals surface area (Å²) in [6.45, 7) is 5.66. The Balaban J connectivity index is 2.47. The van der Waals surface area contributed by atoms with Gasteiger partial charge in [-0.3, -0.25) is 0 Å². The zero-order valence-electron chi connectivity index (χ0n) is 9.79. The van der Waals surface area contributed by atoms with Crippen LogP contribution in [0.15, 0.2) is 42.3 Å². The van der Waals surface area contributed by atoms with E-state index in [0.29, 0.717) is 5.76 Å². The van der Waals surface area contributed by atoms with Crippen molar-refractivity contribution in [2.45, 2.75) is 38.0 Å². The molecule has 1 aromatic rings. The van der Waals surface area contributed by atoms with E-state index < -0.39 is 0 Å². The molecule has 1 saturated carbocycles. The van der Waals surface area contributed by atoms with E-state index in [-0.39, 0.29) is 5.41 Å². The predicted molar refractivity (Wildman–Crippen MR) is 66.6 cm³/mol. The molecule has 0 amide bonds. The maximum absolute atomic E-state index is 10.1. The lowest BCUT2D eigenvalue weighted by molar-refractivity contribution is 0.296. The summed E-state index contributed by atoms with van der Waals surface area (Å²) in [5.41, 5.74) is 4.92. The minimum absolute atomic E-state index is 0.213. The van der Waals surface area contributed by atoms with Crippen LogP contribution in [0.5, 0.6) is 0 Å². The van der Waals surface area contributed by atoms with Gasteiger partial charge in [-0.15, -0.1) is 0 Å². The Hall–Kier alpha value is -1.46. The number of allylic oxidation sites excluding steroid dienone is 1. The first-order valence-electron chi connectivity index (χ1n) is 5.86. The summed E-state index contributed by atoms with van der Waals surface area (Å²) in [5.74, 6) is 0.314. The van der Waals surface area contributed by atoms with E-state index in [4.69, 9.17) is 0 Å². The Morgan fingerprint density at radius 1 is 1.25 bits per heavy atom. The average Bonchev–Trinajstić information content (AvgIpc) is 2.79. The monoisotopic (exact) mass is 214 g/mol. The van der Waals surface area contributed by atoms with Gasteiger partial charge in [0.25, 0.3) is 0 Å². The maximum atomic E-state index is 10.1. The van der Waals surface area contributed by atoms with Crippen LogP contribution in [0.4, 0.5) is 0 Å². The molecule has 1 aromatic carbocycles. The minimum atomic E-state index is -0.213. The summed E-state index contributed by atoms with van der Waals surface area (Å²) in [6, 6.07) is 8.44. The van der Waals surface area contributed by atoms with E-state index in [1.807, 2.05) is 0 Å². The smallest absolute Gasteiger partial charge is 0.145 e. The molecule has 1 nitrogen and oxygen atoms in total. The Labute approximate surface area is 97.1 Å².